The van der Waals surface area contributed by atoms with Gasteiger partial charge in [-0.1, -0.05) is 19.1 Å². The number of esters is 1. The van der Waals surface area contributed by atoms with Crippen LogP contribution in [0.3, 0.4) is 0 Å². The molecular weight excluding hydrogens is 453 g/mol. The quantitative estimate of drug-likeness (QED) is 0.330. The van der Waals surface area contributed by atoms with E-state index in [0.717, 1.165) is 4.90 Å². The molecule has 1 aromatic rings. The summed E-state index contributed by atoms with van der Waals surface area (Å²) in [7, 11) is -0.918. The van der Waals surface area contributed by atoms with Gasteiger partial charge in [0.05, 0.1) is 11.2 Å². The van der Waals surface area contributed by atoms with Gasteiger partial charge in [0.15, 0.2) is 5.75 Å². The Bertz CT molecular complexity index is 931. The Labute approximate surface area is 208 Å². The van der Waals surface area contributed by atoms with Crippen molar-refractivity contribution < 1.29 is 37.9 Å². The molecule has 1 heterocycles. The zero-order valence-corrected chi connectivity index (χ0v) is 22.7. The van der Waals surface area contributed by atoms with Gasteiger partial charge in [-0.2, -0.15) is 4.90 Å². The number of hydrogen-bond donors (Lipinski definition) is 0. The van der Waals surface area contributed by atoms with Gasteiger partial charge in [-0.3, -0.25) is 4.79 Å². The van der Waals surface area contributed by atoms with Gasteiger partial charge in [-0.25, -0.2) is 9.59 Å². The standard InChI is InChI=1S/C25H38BNO8/c1-12-18(28)31-19-16(26-34-24(8,9)25(10,11)35-26)14-13-15-17(19)27(20(29)32-22(2,3)4)21(30)33-23(5,6)7/h13-15H,12H2,1-11H3. The van der Waals surface area contributed by atoms with E-state index >= 15 is 0 Å². The Balaban J connectivity index is 2.70. The summed E-state index contributed by atoms with van der Waals surface area (Å²) in [5.41, 5.74) is -2.82. The second kappa shape index (κ2) is 9.81. The molecule has 2 amide bonds. The number of nitrogens with zero attached hydrogens (tertiary/aromatic N) is 1. The van der Waals surface area contributed by atoms with Crippen molar-refractivity contribution in [2.75, 3.05) is 4.90 Å². The lowest BCUT2D eigenvalue weighted by Gasteiger charge is -2.32. The molecule has 35 heavy (non-hydrogen) atoms. The molecule has 0 saturated carbocycles. The van der Waals surface area contributed by atoms with Gasteiger partial charge in [0.1, 0.15) is 16.9 Å². The predicted octanol–water partition coefficient (Wildman–Crippen LogP) is 4.98. The Morgan fingerprint density at radius 3 is 1.74 bits per heavy atom. The second-order valence-corrected chi connectivity index (χ2v) is 11.4. The minimum absolute atomic E-state index is 0.0255. The van der Waals surface area contributed by atoms with E-state index < -0.39 is 47.7 Å². The van der Waals surface area contributed by atoms with Crippen LogP contribution in [0, 0.1) is 0 Å². The molecule has 0 unspecified atom stereocenters. The first-order valence-electron chi connectivity index (χ1n) is 11.7. The van der Waals surface area contributed by atoms with Gasteiger partial charge >= 0.3 is 25.3 Å². The van der Waals surface area contributed by atoms with E-state index in [-0.39, 0.29) is 17.9 Å². The Morgan fingerprint density at radius 1 is 0.886 bits per heavy atom. The monoisotopic (exact) mass is 491 g/mol. The van der Waals surface area contributed by atoms with Crippen molar-refractivity contribution in [1.82, 2.24) is 0 Å². The van der Waals surface area contributed by atoms with Crippen LogP contribution in [0.15, 0.2) is 18.2 Å². The summed E-state index contributed by atoms with van der Waals surface area (Å²) in [6.07, 6.45) is -1.89. The van der Waals surface area contributed by atoms with Crippen molar-refractivity contribution in [3.05, 3.63) is 18.2 Å². The van der Waals surface area contributed by atoms with Crippen LogP contribution in [-0.4, -0.2) is 47.7 Å². The lowest BCUT2D eigenvalue weighted by molar-refractivity contribution is -0.133. The number of imide groups is 1. The third-order valence-electron chi connectivity index (χ3n) is 5.43. The summed E-state index contributed by atoms with van der Waals surface area (Å²) in [5.74, 6) is -0.613. The van der Waals surface area contributed by atoms with Crippen LogP contribution in [0.2, 0.25) is 0 Å². The fourth-order valence-corrected chi connectivity index (χ4v) is 3.06. The Morgan fingerprint density at radius 2 is 1.34 bits per heavy atom. The highest BCUT2D eigenvalue weighted by Gasteiger charge is 2.53. The van der Waals surface area contributed by atoms with Gasteiger partial charge in [-0.15, -0.1) is 0 Å². The summed E-state index contributed by atoms with van der Waals surface area (Å²) in [5, 5.41) is 0. The SMILES string of the molecule is CCC(=O)Oc1c(B2OC(C)(C)C(C)(C)O2)cccc1N(C(=O)OC(C)(C)C)C(=O)OC(C)(C)C. The van der Waals surface area contributed by atoms with Crippen LogP contribution in [0.25, 0.3) is 0 Å². The maximum absolute atomic E-state index is 13.2. The van der Waals surface area contributed by atoms with Gasteiger partial charge in [0.25, 0.3) is 0 Å². The molecule has 1 aliphatic rings. The second-order valence-electron chi connectivity index (χ2n) is 11.4. The Kier molecular flexibility index (Phi) is 8.03. The van der Waals surface area contributed by atoms with Crippen LogP contribution >= 0.6 is 0 Å². The normalized spacial score (nSPS) is 17.1. The first-order valence-corrected chi connectivity index (χ1v) is 11.7. The molecule has 0 bridgehead atoms. The summed E-state index contributed by atoms with van der Waals surface area (Å²) in [6, 6.07) is 4.74. The molecule has 1 fully saturated rings. The number of ether oxygens (including phenoxy) is 3. The Hall–Kier alpha value is -2.59. The zero-order valence-electron chi connectivity index (χ0n) is 22.7. The molecule has 194 valence electrons. The number of amides is 2. The van der Waals surface area contributed by atoms with E-state index in [1.54, 1.807) is 60.6 Å². The number of benzene rings is 1. The fourth-order valence-electron chi connectivity index (χ4n) is 3.06. The number of para-hydroxylation sites is 1. The molecule has 9 nitrogen and oxygen atoms in total. The molecule has 0 aromatic heterocycles. The van der Waals surface area contributed by atoms with E-state index in [9.17, 15) is 14.4 Å². The fraction of sp³-hybridized carbons (Fsp3) is 0.640. The smallest absolute Gasteiger partial charge is 0.443 e. The van der Waals surface area contributed by atoms with Gasteiger partial charge in [0.2, 0.25) is 0 Å². The summed E-state index contributed by atoms with van der Waals surface area (Å²) >= 11 is 0. The lowest BCUT2D eigenvalue weighted by Crippen LogP contribution is -2.45. The van der Waals surface area contributed by atoms with E-state index in [0.29, 0.717) is 5.46 Å². The van der Waals surface area contributed by atoms with E-state index in [1.165, 1.54) is 6.07 Å². The van der Waals surface area contributed by atoms with Crippen LogP contribution in [0.5, 0.6) is 5.75 Å². The zero-order chi connectivity index (χ0) is 27.0. The number of carbonyl (C=O) groups excluding carboxylic acids is 3. The first kappa shape index (κ1) is 28.7. The third kappa shape index (κ3) is 6.98. The predicted molar refractivity (Wildman–Crippen MR) is 133 cm³/mol. The molecule has 1 saturated heterocycles. The largest absolute Gasteiger partial charge is 0.498 e. The third-order valence-corrected chi connectivity index (χ3v) is 5.43. The van der Waals surface area contributed by atoms with Crippen LogP contribution in [-0.2, 0) is 23.6 Å². The van der Waals surface area contributed by atoms with Gasteiger partial charge in [0, 0.05) is 11.9 Å². The van der Waals surface area contributed by atoms with Crippen LogP contribution in [0.1, 0.15) is 82.6 Å². The van der Waals surface area contributed by atoms with E-state index in [2.05, 4.69) is 0 Å². The minimum atomic E-state index is -0.980. The maximum Gasteiger partial charge on any atom is 0.498 e. The minimum Gasteiger partial charge on any atom is -0.443 e. The van der Waals surface area contributed by atoms with E-state index in [4.69, 9.17) is 23.5 Å². The molecule has 0 atom stereocenters. The maximum atomic E-state index is 13.2. The summed E-state index contributed by atoms with van der Waals surface area (Å²) in [4.78, 5) is 39.6. The average molecular weight is 491 g/mol. The molecular formula is C25H38BNO8. The van der Waals surface area contributed by atoms with Crippen molar-refractivity contribution in [3.8, 4) is 5.75 Å². The number of hydrogen-bond acceptors (Lipinski definition) is 8. The molecule has 1 aromatic carbocycles. The first-order chi connectivity index (χ1) is 15.8. The number of carbonyl (C=O) groups is 3. The average Bonchev–Trinajstić information content (AvgIpc) is 2.87. The highest BCUT2D eigenvalue weighted by molar-refractivity contribution is 6.63. The summed E-state index contributed by atoms with van der Waals surface area (Å²) < 4.78 is 29.0. The molecule has 0 radical (unpaired) electrons. The van der Waals surface area contributed by atoms with Crippen molar-refractivity contribution in [3.63, 3.8) is 0 Å². The van der Waals surface area contributed by atoms with Crippen LogP contribution in [0.4, 0.5) is 15.3 Å². The van der Waals surface area contributed by atoms with Crippen molar-refractivity contribution in [2.24, 2.45) is 0 Å². The molecule has 2 rings (SSSR count). The lowest BCUT2D eigenvalue weighted by atomic mass is 9.78. The number of rotatable bonds is 4. The molecule has 0 aliphatic carbocycles. The molecule has 0 spiro atoms. The van der Waals surface area contributed by atoms with Gasteiger partial charge < -0.3 is 23.5 Å². The molecule has 10 heteroatoms. The number of anilines is 1. The van der Waals surface area contributed by atoms with Crippen molar-refractivity contribution in [1.29, 1.82) is 0 Å². The van der Waals surface area contributed by atoms with Crippen LogP contribution < -0.4 is 15.1 Å². The summed E-state index contributed by atoms with van der Waals surface area (Å²) in [6.45, 7) is 19.3. The van der Waals surface area contributed by atoms with E-state index in [1.807, 2.05) is 27.7 Å². The molecule has 0 N–H and O–H groups in total. The van der Waals surface area contributed by atoms with Crippen molar-refractivity contribution >= 4 is 36.4 Å². The topological polar surface area (TPSA) is 101 Å². The van der Waals surface area contributed by atoms with Gasteiger partial charge in [-0.05, 0) is 75.3 Å². The van der Waals surface area contributed by atoms with Crippen molar-refractivity contribution in [2.45, 2.75) is 105 Å². The highest BCUT2D eigenvalue weighted by Crippen LogP contribution is 2.39. The highest BCUT2D eigenvalue weighted by atomic mass is 16.7. The molecule has 1 aliphatic heterocycles.